The Morgan fingerprint density at radius 1 is 1.18 bits per heavy atom. The van der Waals surface area contributed by atoms with E-state index in [4.69, 9.17) is 16.1 Å². The van der Waals surface area contributed by atoms with Crippen LogP contribution in [0.1, 0.15) is 11.5 Å². The molecule has 17 heavy (non-hydrogen) atoms. The van der Waals surface area contributed by atoms with Crippen LogP contribution >= 0.6 is 11.6 Å². The Balaban J connectivity index is 2.29. The van der Waals surface area contributed by atoms with Crippen LogP contribution in [0.15, 0.2) is 28.8 Å². The number of alkyl halides is 4. The highest BCUT2D eigenvalue weighted by Crippen LogP contribution is 2.30. The topological polar surface area (TPSA) is 38.9 Å². The van der Waals surface area contributed by atoms with Gasteiger partial charge in [0.1, 0.15) is 5.88 Å². The quantitative estimate of drug-likeness (QED) is 0.778. The first-order valence-electron chi connectivity index (χ1n) is 4.57. The molecule has 0 N–H and O–H groups in total. The van der Waals surface area contributed by atoms with Gasteiger partial charge in [0.25, 0.3) is 0 Å². The zero-order chi connectivity index (χ0) is 12.5. The summed E-state index contributed by atoms with van der Waals surface area (Å²) in [5.41, 5.74) is -0.277. The molecule has 2 rings (SSSR count). The van der Waals surface area contributed by atoms with E-state index in [2.05, 4.69) is 10.1 Å². The highest BCUT2D eigenvalue weighted by atomic mass is 35.5. The second-order valence-corrected chi connectivity index (χ2v) is 3.49. The molecule has 1 aromatic heterocycles. The van der Waals surface area contributed by atoms with Crippen LogP contribution in [0.4, 0.5) is 13.2 Å². The molecular formula is C10H6ClF3N2O. The standard InChI is InChI=1S/C10H6ClF3N2O/c11-5-8-15-9(16-17-8)6-1-3-7(4-2-6)10(12,13)14/h1-4H,5H2. The highest BCUT2D eigenvalue weighted by Gasteiger charge is 2.30. The van der Waals surface area contributed by atoms with Crippen molar-refractivity contribution in [1.82, 2.24) is 10.1 Å². The molecule has 90 valence electrons. The van der Waals surface area contributed by atoms with E-state index in [1.54, 1.807) is 0 Å². The van der Waals surface area contributed by atoms with Crippen LogP contribution in [-0.4, -0.2) is 10.1 Å². The predicted molar refractivity (Wildman–Crippen MR) is 54.3 cm³/mol. The summed E-state index contributed by atoms with van der Waals surface area (Å²) in [6.07, 6.45) is -4.35. The summed E-state index contributed by atoms with van der Waals surface area (Å²) in [5.74, 6) is 0.504. The van der Waals surface area contributed by atoms with Crippen molar-refractivity contribution in [1.29, 1.82) is 0 Å². The first-order valence-corrected chi connectivity index (χ1v) is 5.10. The number of aromatic nitrogens is 2. The molecule has 1 heterocycles. The molecule has 0 aliphatic heterocycles. The zero-order valence-corrected chi connectivity index (χ0v) is 9.09. The molecule has 1 aromatic carbocycles. The normalized spacial score (nSPS) is 11.8. The maximum absolute atomic E-state index is 12.3. The first-order chi connectivity index (χ1) is 8.00. The second kappa shape index (κ2) is 4.37. The summed E-state index contributed by atoms with van der Waals surface area (Å²) >= 11 is 5.47. The number of hydrogen-bond donors (Lipinski definition) is 0. The Morgan fingerprint density at radius 3 is 2.29 bits per heavy atom. The molecule has 0 saturated heterocycles. The van der Waals surface area contributed by atoms with Crippen LogP contribution < -0.4 is 0 Å². The molecule has 0 aliphatic rings. The lowest BCUT2D eigenvalue weighted by Gasteiger charge is -2.05. The fraction of sp³-hybridized carbons (Fsp3) is 0.200. The maximum Gasteiger partial charge on any atom is 0.416 e. The average Bonchev–Trinajstić information content (AvgIpc) is 2.76. The van der Waals surface area contributed by atoms with E-state index in [0.717, 1.165) is 12.1 Å². The van der Waals surface area contributed by atoms with E-state index >= 15 is 0 Å². The van der Waals surface area contributed by atoms with Crippen LogP contribution in [-0.2, 0) is 12.1 Å². The summed E-state index contributed by atoms with van der Waals surface area (Å²) in [5, 5.41) is 3.60. The fourth-order valence-electron chi connectivity index (χ4n) is 1.23. The van der Waals surface area contributed by atoms with Gasteiger partial charge in [-0.1, -0.05) is 17.3 Å². The molecule has 0 saturated carbocycles. The lowest BCUT2D eigenvalue weighted by Crippen LogP contribution is -2.04. The Kier molecular flexibility index (Phi) is 3.06. The monoisotopic (exact) mass is 262 g/mol. The molecule has 0 fully saturated rings. The Bertz CT molecular complexity index is 507. The van der Waals surface area contributed by atoms with Crippen LogP contribution in [0.25, 0.3) is 11.4 Å². The minimum Gasteiger partial charge on any atom is -0.338 e. The third-order valence-corrected chi connectivity index (χ3v) is 2.28. The molecule has 7 heteroatoms. The van der Waals surface area contributed by atoms with Crippen molar-refractivity contribution in [3.63, 3.8) is 0 Å². The van der Waals surface area contributed by atoms with E-state index in [1.807, 2.05) is 0 Å². The van der Waals surface area contributed by atoms with E-state index < -0.39 is 11.7 Å². The molecule has 2 aromatic rings. The van der Waals surface area contributed by atoms with E-state index in [1.165, 1.54) is 12.1 Å². The van der Waals surface area contributed by atoms with Crippen molar-refractivity contribution >= 4 is 11.6 Å². The van der Waals surface area contributed by atoms with Crippen LogP contribution in [0.2, 0.25) is 0 Å². The summed E-state index contributed by atoms with van der Waals surface area (Å²) in [7, 11) is 0. The lowest BCUT2D eigenvalue weighted by atomic mass is 10.1. The third kappa shape index (κ3) is 2.58. The van der Waals surface area contributed by atoms with Crippen LogP contribution in [0.5, 0.6) is 0 Å². The van der Waals surface area contributed by atoms with Gasteiger partial charge in [0.05, 0.1) is 5.56 Å². The summed E-state index contributed by atoms with van der Waals surface area (Å²) < 4.78 is 41.7. The first kappa shape index (κ1) is 11.9. The number of benzene rings is 1. The van der Waals surface area contributed by atoms with E-state index in [-0.39, 0.29) is 17.6 Å². The highest BCUT2D eigenvalue weighted by molar-refractivity contribution is 6.16. The van der Waals surface area contributed by atoms with Crippen molar-refractivity contribution in [3.05, 3.63) is 35.7 Å². The van der Waals surface area contributed by atoms with Crippen molar-refractivity contribution in [3.8, 4) is 11.4 Å². The minimum absolute atomic E-state index is 0.0631. The molecule has 0 spiro atoms. The van der Waals surface area contributed by atoms with Gasteiger partial charge in [0.15, 0.2) is 0 Å². The SMILES string of the molecule is FC(F)(F)c1ccc(-c2noc(CCl)n2)cc1. The van der Waals surface area contributed by atoms with Gasteiger partial charge in [-0.05, 0) is 12.1 Å². The molecule has 0 amide bonds. The van der Waals surface area contributed by atoms with Crippen molar-refractivity contribution < 1.29 is 17.7 Å². The van der Waals surface area contributed by atoms with Gasteiger partial charge in [0.2, 0.25) is 11.7 Å². The number of halogens is 4. The van der Waals surface area contributed by atoms with E-state index in [9.17, 15) is 13.2 Å². The smallest absolute Gasteiger partial charge is 0.338 e. The Hall–Kier alpha value is -1.56. The van der Waals surface area contributed by atoms with Crippen LogP contribution in [0, 0.1) is 0 Å². The largest absolute Gasteiger partial charge is 0.416 e. The number of hydrogen-bond acceptors (Lipinski definition) is 3. The lowest BCUT2D eigenvalue weighted by molar-refractivity contribution is -0.137. The van der Waals surface area contributed by atoms with Gasteiger partial charge in [-0.15, -0.1) is 11.6 Å². The average molecular weight is 263 g/mol. The number of nitrogens with zero attached hydrogens (tertiary/aromatic N) is 2. The molecule has 3 nitrogen and oxygen atoms in total. The van der Waals surface area contributed by atoms with Gasteiger partial charge in [0, 0.05) is 5.56 Å². The van der Waals surface area contributed by atoms with Crippen molar-refractivity contribution in [2.45, 2.75) is 12.1 Å². The molecule has 0 bridgehead atoms. The zero-order valence-electron chi connectivity index (χ0n) is 8.33. The molecule has 0 atom stereocenters. The Morgan fingerprint density at radius 2 is 1.82 bits per heavy atom. The maximum atomic E-state index is 12.3. The summed E-state index contributed by atoms with van der Waals surface area (Å²) in [4.78, 5) is 3.90. The van der Waals surface area contributed by atoms with Crippen molar-refractivity contribution in [2.75, 3.05) is 0 Å². The summed E-state index contributed by atoms with van der Waals surface area (Å²) in [6, 6.07) is 4.50. The van der Waals surface area contributed by atoms with Gasteiger partial charge >= 0.3 is 6.18 Å². The van der Waals surface area contributed by atoms with Gasteiger partial charge in [-0.2, -0.15) is 18.2 Å². The number of rotatable bonds is 2. The Labute approximate surface area is 99.2 Å². The molecular weight excluding hydrogens is 257 g/mol. The molecule has 0 unspecified atom stereocenters. The predicted octanol–water partition coefficient (Wildman–Crippen LogP) is 3.49. The molecule has 0 radical (unpaired) electrons. The van der Waals surface area contributed by atoms with Gasteiger partial charge in [-0.3, -0.25) is 0 Å². The van der Waals surface area contributed by atoms with Crippen LogP contribution in [0.3, 0.4) is 0 Å². The molecule has 0 aliphatic carbocycles. The van der Waals surface area contributed by atoms with Gasteiger partial charge in [-0.25, -0.2) is 0 Å². The van der Waals surface area contributed by atoms with E-state index in [0.29, 0.717) is 5.56 Å². The summed E-state index contributed by atoms with van der Waals surface area (Å²) in [6.45, 7) is 0. The third-order valence-electron chi connectivity index (χ3n) is 2.05. The van der Waals surface area contributed by atoms with Gasteiger partial charge < -0.3 is 4.52 Å². The fourth-order valence-corrected chi connectivity index (χ4v) is 1.34. The minimum atomic E-state index is -4.35. The van der Waals surface area contributed by atoms with Crippen molar-refractivity contribution in [2.24, 2.45) is 0 Å². The second-order valence-electron chi connectivity index (χ2n) is 3.22.